The van der Waals surface area contributed by atoms with Crippen LogP contribution in [0.1, 0.15) is 52.8 Å². The van der Waals surface area contributed by atoms with Gasteiger partial charge in [0.1, 0.15) is 0 Å². The number of piperidine rings is 2. The molecule has 2 heterocycles. The van der Waals surface area contributed by atoms with Crippen molar-refractivity contribution in [3.8, 4) is 0 Å². The van der Waals surface area contributed by atoms with Crippen molar-refractivity contribution in [3.05, 3.63) is 63.6 Å². The average Bonchev–Trinajstić information content (AvgIpc) is 2.79. The summed E-state index contributed by atoms with van der Waals surface area (Å²) in [6.45, 7) is 2.81. The van der Waals surface area contributed by atoms with Crippen LogP contribution < -0.4 is 5.32 Å². The molecule has 2 saturated heterocycles. The van der Waals surface area contributed by atoms with Crippen molar-refractivity contribution in [3.63, 3.8) is 0 Å². The zero-order chi connectivity index (χ0) is 21.8. The van der Waals surface area contributed by atoms with Crippen LogP contribution in [0.2, 0.25) is 10.0 Å². The molecule has 0 aromatic heterocycles. The molecule has 0 spiro atoms. The maximum absolute atomic E-state index is 12.5. The normalized spacial score (nSPS) is 20.6. The first-order chi connectivity index (χ1) is 15.0. The Morgan fingerprint density at radius 1 is 0.938 bits per heavy atom. The minimum Gasteiger partial charge on any atom is -0.462 e. The van der Waals surface area contributed by atoms with Crippen molar-refractivity contribution in [2.24, 2.45) is 5.92 Å². The minimum absolute atomic E-state index is 0. The van der Waals surface area contributed by atoms with Crippen LogP contribution in [-0.4, -0.2) is 42.5 Å². The third-order valence-electron chi connectivity index (χ3n) is 6.22. The summed E-state index contributed by atoms with van der Waals surface area (Å²) >= 11 is 11.9. The monoisotopic (exact) mass is 496 g/mol. The quantitative estimate of drug-likeness (QED) is 0.508. The van der Waals surface area contributed by atoms with E-state index >= 15 is 0 Å². The van der Waals surface area contributed by atoms with Crippen molar-refractivity contribution >= 4 is 53.2 Å². The molecular formula is C24H27Cl3N2O3. The van der Waals surface area contributed by atoms with Crippen LogP contribution in [0.15, 0.2) is 42.5 Å². The van der Waals surface area contributed by atoms with Crippen LogP contribution in [0.3, 0.4) is 0 Å². The molecule has 172 valence electrons. The van der Waals surface area contributed by atoms with E-state index in [4.69, 9.17) is 27.9 Å². The molecule has 2 fully saturated rings. The molecule has 1 N–H and O–H groups in total. The summed E-state index contributed by atoms with van der Waals surface area (Å²) in [6.07, 6.45) is 6.04. The Morgan fingerprint density at radius 3 is 2.41 bits per heavy atom. The Morgan fingerprint density at radius 2 is 1.66 bits per heavy atom. The fourth-order valence-corrected chi connectivity index (χ4v) is 4.87. The molecule has 5 nitrogen and oxygen atoms in total. The van der Waals surface area contributed by atoms with Crippen molar-refractivity contribution in [1.29, 1.82) is 0 Å². The van der Waals surface area contributed by atoms with Crippen LogP contribution in [-0.2, 0) is 4.74 Å². The van der Waals surface area contributed by atoms with Crippen molar-refractivity contribution in [2.45, 2.75) is 38.1 Å². The highest BCUT2D eigenvalue weighted by Crippen LogP contribution is 2.31. The van der Waals surface area contributed by atoms with Crippen molar-refractivity contribution in [1.82, 2.24) is 4.90 Å². The predicted octanol–water partition coefficient (Wildman–Crippen LogP) is 6.09. The number of hydrogen-bond donors (Lipinski definition) is 1. The second kappa shape index (κ2) is 11.4. The van der Waals surface area contributed by atoms with Crippen molar-refractivity contribution < 1.29 is 14.3 Å². The van der Waals surface area contributed by atoms with Crippen molar-refractivity contribution in [2.75, 3.05) is 25.0 Å². The standard InChI is InChI=1S/C24H26Cl2N2O3.ClH/c25-20-11-8-17(14-21(20)26)23(29)27-19-9-6-16(7-10-19)24(30)31-15-18-4-3-13-28-12-2-1-5-22(18)28;/h6-11,14,18,22H,1-5,12-13,15H2,(H,27,29);1H/t18-,22+;/m0./s1. The molecule has 0 aliphatic carbocycles. The van der Waals surface area contributed by atoms with E-state index in [1.54, 1.807) is 36.4 Å². The van der Waals surface area contributed by atoms with Gasteiger partial charge >= 0.3 is 5.97 Å². The summed E-state index contributed by atoms with van der Waals surface area (Å²) in [5, 5.41) is 3.50. The summed E-state index contributed by atoms with van der Waals surface area (Å²) in [4.78, 5) is 27.5. The van der Waals surface area contributed by atoms with Gasteiger partial charge in [0.25, 0.3) is 5.91 Å². The maximum Gasteiger partial charge on any atom is 0.338 e. The Kier molecular flexibility index (Phi) is 8.83. The molecule has 8 heteroatoms. The number of benzene rings is 2. The zero-order valence-corrected chi connectivity index (χ0v) is 20.0. The number of nitrogens with one attached hydrogen (secondary N) is 1. The lowest BCUT2D eigenvalue weighted by Gasteiger charge is -2.44. The first-order valence-corrected chi connectivity index (χ1v) is 11.5. The molecule has 0 saturated carbocycles. The van der Waals surface area contributed by atoms with E-state index in [2.05, 4.69) is 10.2 Å². The molecule has 32 heavy (non-hydrogen) atoms. The van der Waals surface area contributed by atoms with Gasteiger partial charge in [-0.3, -0.25) is 9.69 Å². The van der Waals surface area contributed by atoms with Gasteiger partial charge < -0.3 is 10.1 Å². The van der Waals surface area contributed by atoms with E-state index in [0.717, 1.165) is 6.42 Å². The summed E-state index contributed by atoms with van der Waals surface area (Å²) in [7, 11) is 0. The van der Waals surface area contributed by atoms with E-state index in [1.807, 2.05) is 0 Å². The van der Waals surface area contributed by atoms with Gasteiger partial charge in [0.05, 0.1) is 22.2 Å². The Balaban J connectivity index is 0.00000289. The molecule has 4 rings (SSSR count). The van der Waals surface area contributed by atoms with E-state index < -0.39 is 0 Å². The summed E-state index contributed by atoms with van der Waals surface area (Å²) in [5.74, 6) is -0.207. The van der Waals surface area contributed by atoms with Gasteiger partial charge in [0, 0.05) is 23.2 Å². The maximum atomic E-state index is 12.5. The Labute approximate surface area is 204 Å². The van der Waals surface area contributed by atoms with Crippen LogP contribution in [0, 0.1) is 5.92 Å². The van der Waals surface area contributed by atoms with Gasteiger partial charge in [0.2, 0.25) is 0 Å². The van der Waals surface area contributed by atoms with Crippen LogP contribution >= 0.6 is 35.6 Å². The van der Waals surface area contributed by atoms with E-state index in [0.29, 0.717) is 45.4 Å². The minimum atomic E-state index is -0.324. The topological polar surface area (TPSA) is 58.6 Å². The second-order valence-electron chi connectivity index (χ2n) is 8.26. The average molecular weight is 498 g/mol. The Bertz CT molecular complexity index is 950. The fourth-order valence-electron chi connectivity index (χ4n) is 4.57. The van der Waals surface area contributed by atoms with Gasteiger partial charge in [-0.1, -0.05) is 29.6 Å². The number of fused-ring (bicyclic) bond motifs is 1. The first kappa shape index (κ1) is 24.8. The van der Waals surface area contributed by atoms with Gasteiger partial charge in [-0.15, -0.1) is 12.4 Å². The molecule has 0 radical (unpaired) electrons. The number of esters is 1. The van der Waals surface area contributed by atoms with E-state index in [-0.39, 0.29) is 24.3 Å². The SMILES string of the molecule is Cl.O=C(Nc1ccc(C(=O)OC[C@@H]2CCCN3CCCC[C@H]23)cc1)c1ccc(Cl)c(Cl)c1. The lowest BCUT2D eigenvalue weighted by Crippen LogP contribution is -2.49. The third-order valence-corrected chi connectivity index (χ3v) is 6.96. The number of anilines is 1. The zero-order valence-electron chi connectivity index (χ0n) is 17.7. The number of carbonyl (C=O) groups is 2. The van der Waals surface area contributed by atoms with Crippen LogP contribution in [0.25, 0.3) is 0 Å². The number of ether oxygens (including phenoxy) is 1. The van der Waals surface area contributed by atoms with Crippen LogP contribution in [0.5, 0.6) is 0 Å². The van der Waals surface area contributed by atoms with Gasteiger partial charge in [-0.2, -0.15) is 0 Å². The highest BCUT2D eigenvalue weighted by molar-refractivity contribution is 6.42. The number of nitrogens with zero attached hydrogens (tertiary/aromatic N) is 1. The first-order valence-electron chi connectivity index (χ1n) is 10.8. The lowest BCUT2D eigenvalue weighted by atomic mass is 9.84. The van der Waals surface area contributed by atoms with E-state index in [9.17, 15) is 9.59 Å². The summed E-state index contributed by atoms with van der Waals surface area (Å²) in [6, 6.07) is 12.0. The molecule has 2 aromatic rings. The molecule has 0 bridgehead atoms. The predicted molar refractivity (Wildman–Crippen MR) is 130 cm³/mol. The lowest BCUT2D eigenvalue weighted by molar-refractivity contribution is 0.00739. The smallest absolute Gasteiger partial charge is 0.338 e. The molecular weight excluding hydrogens is 471 g/mol. The number of carbonyl (C=O) groups excluding carboxylic acids is 2. The fraction of sp³-hybridized carbons (Fsp3) is 0.417. The Hall–Kier alpha value is -1.79. The largest absolute Gasteiger partial charge is 0.462 e. The second-order valence-corrected chi connectivity index (χ2v) is 9.07. The number of amides is 1. The summed E-state index contributed by atoms with van der Waals surface area (Å²) < 4.78 is 5.65. The molecule has 0 unspecified atom stereocenters. The summed E-state index contributed by atoms with van der Waals surface area (Å²) in [5.41, 5.74) is 1.46. The van der Waals surface area contributed by atoms with Gasteiger partial charge in [-0.25, -0.2) is 4.79 Å². The third kappa shape index (κ3) is 5.96. The highest BCUT2D eigenvalue weighted by atomic mass is 35.5. The number of hydrogen-bond acceptors (Lipinski definition) is 4. The molecule has 2 aliphatic rings. The van der Waals surface area contributed by atoms with Gasteiger partial charge in [0.15, 0.2) is 0 Å². The highest BCUT2D eigenvalue weighted by Gasteiger charge is 2.33. The molecule has 2 aromatic carbocycles. The van der Waals surface area contributed by atoms with E-state index in [1.165, 1.54) is 44.8 Å². The number of rotatable bonds is 5. The number of halogens is 3. The van der Waals surface area contributed by atoms with Crippen LogP contribution in [0.4, 0.5) is 5.69 Å². The molecule has 2 aliphatic heterocycles. The molecule has 1 amide bonds. The van der Waals surface area contributed by atoms with Gasteiger partial charge in [-0.05, 0) is 81.2 Å². The molecule has 2 atom stereocenters.